The Morgan fingerprint density at radius 1 is 1.53 bits per heavy atom. The van der Waals surface area contributed by atoms with Crippen molar-refractivity contribution in [2.45, 2.75) is 13.3 Å². The molecule has 1 N–H and O–H groups in total. The Balaban J connectivity index is 1.96. The quantitative estimate of drug-likeness (QED) is 0.918. The highest BCUT2D eigenvalue weighted by atomic mass is 35.5. The lowest BCUT2D eigenvalue weighted by atomic mass is 10.2. The fraction of sp³-hybridized carbons (Fsp3) is 0.231. The Morgan fingerprint density at radius 2 is 2.32 bits per heavy atom. The Labute approximate surface area is 119 Å². The van der Waals surface area contributed by atoms with Gasteiger partial charge in [0.2, 0.25) is 0 Å². The monoisotopic (exact) mass is 297 g/mol. The van der Waals surface area contributed by atoms with Crippen LogP contribution >= 0.6 is 22.9 Å². The highest BCUT2D eigenvalue weighted by Gasteiger charge is 2.08. The molecule has 0 radical (unpaired) electrons. The number of benzene rings is 1. The number of hydrogen-bond donors (Lipinski definition) is 1. The van der Waals surface area contributed by atoms with Gasteiger partial charge in [-0.1, -0.05) is 11.6 Å². The van der Waals surface area contributed by atoms with Gasteiger partial charge in [-0.25, -0.2) is 9.78 Å². The van der Waals surface area contributed by atoms with Gasteiger partial charge in [0.25, 0.3) is 0 Å². The zero-order valence-electron chi connectivity index (χ0n) is 10.2. The van der Waals surface area contributed by atoms with E-state index in [1.165, 1.54) is 17.0 Å². The van der Waals surface area contributed by atoms with Crippen LogP contribution in [0.5, 0.6) is 5.75 Å². The first-order chi connectivity index (χ1) is 9.08. The minimum atomic E-state index is -1.01. The molecule has 1 aromatic carbocycles. The van der Waals surface area contributed by atoms with E-state index in [9.17, 15) is 4.79 Å². The topological polar surface area (TPSA) is 59.4 Å². The molecule has 0 spiro atoms. The fourth-order valence-corrected chi connectivity index (χ4v) is 2.57. The van der Waals surface area contributed by atoms with Gasteiger partial charge >= 0.3 is 5.97 Å². The predicted octanol–water partition coefficient (Wildman–Crippen LogP) is 3.42. The number of aromatic carboxylic acids is 1. The Kier molecular flexibility index (Phi) is 4.39. The average Bonchev–Trinajstić information content (AvgIpc) is 2.77. The SMILES string of the molecule is Cc1ncsc1CCOc1ccc(C(=O)O)cc1Cl. The van der Waals surface area contributed by atoms with E-state index < -0.39 is 5.97 Å². The van der Waals surface area contributed by atoms with Crippen LogP contribution in [0.3, 0.4) is 0 Å². The number of halogens is 1. The van der Waals surface area contributed by atoms with E-state index in [4.69, 9.17) is 21.4 Å². The summed E-state index contributed by atoms with van der Waals surface area (Å²) in [5.41, 5.74) is 2.97. The highest BCUT2D eigenvalue weighted by Crippen LogP contribution is 2.26. The molecule has 0 bridgehead atoms. The lowest BCUT2D eigenvalue weighted by Gasteiger charge is -2.08. The number of thiazole rings is 1. The van der Waals surface area contributed by atoms with Crippen LogP contribution in [-0.4, -0.2) is 22.7 Å². The van der Waals surface area contributed by atoms with Gasteiger partial charge in [0.15, 0.2) is 0 Å². The average molecular weight is 298 g/mol. The summed E-state index contributed by atoms with van der Waals surface area (Å²) in [5.74, 6) is -0.512. The number of nitrogens with zero attached hydrogens (tertiary/aromatic N) is 1. The van der Waals surface area contributed by atoms with Crippen molar-refractivity contribution in [2.75, 3.05) is 6.61 Å². The molecule has 19 heavy (non-hydrogen) atoms. The van der Waals surface area contributed by atoms with Crippen molar-refractivity contribution < 1.29 is 14.6 Å². The lowest BCUT2D eigenvalue weighted by molar-refractivity contribution is 0.0697. The molecule has 2 aromatic rings. The number of carboxylic acid groups (broad SMARTS) is 1. The zero-order valence-corrected chi connectivity index (χ0v) is 11.8. The molecule has 0 atom stereocenters. The normalized spacial score (nSPS) is 10.4. The van der Waals surface area contributed by atoms with Crippen LogP contribution < -0.4 is 4.74 Å². The van der Waals surface area contributed by atoms with Crippen LogP contribution in [0.25, 0.3) is 0 Å². The largest absolute Gasteiger partial charge is 0.492 e. The summed E-state index contributed by atoms with van der Waals surface area (Å²) in [6, 6.07) is 4.43. The molecule has 1 heterocycles. The molecule has 0 aliphatic rings. The maximum atomic E-state index is 10.8. The van der Waals surface area contributed by atoms with Crippen molar-refractivity contribution >= 4 is 28.9 Å². The minimum absolute atomic E-state index is 0.149. The van der Waals surface area contributed by atoms with Gasteiger partial charge < -0.3 is 9.84 Å². The first kappa shape index (κ1) is 13.8. The van der Waals surface area contributed by atoms with Crippen molar-refractivity contribution in [3.8, 4) is 5.75 Å². The van der Waals surface area contributed by atoms with Gasteiger partial charge in [0.1, 0.15) is 5.75 Å². The minimum Gasteiger partial charge on any atom is -0.492 e. The Hall–Kier alpha value is -1.59. The van der Waals surface area contributed by atoms with Gasteiger partial charge in [0, 0.05) is 11.3 Å². The van der Waals surface area contributed by atoms with Gasteiger partial charge in [0.05, 0.1) is 28.4 Å². The maximum absolute atomic E-state index is 10.8. The van der Waals surface area contributed by atoms with Crippen molar-refractivity contribution in [2.24, 2.45) is 0 Å². The molecular weight excluding hydrogens is 286 g/mol. The van der Waals surface area contributed by atoms with E-state index in [0.29, 0.717) is 17.4 Å². The molecule has 0 amide bonds. The van der Waals surface area contributed by atoms with Crippen LogP contribution in [0.4, 0.5) is 0 Å². The van der Waals surface area contributed by atoms with Crippen LogP contribution in [0, 0.1) is 6.92 Å². The molecule has 0 saturated heterocycles. The Morgan fingerprint density at radius 3 is 2.89 bits per heavy atom. The van der Waals surface area contributed by atoms with E-state index in [1.807, 2.05) is 6.92 Å². The molecule has 4 nitrogen and oxygen atoms in total. The second kappa shape index (κ2) is 6.04. The van der Waals surface area contributed by atoms with Crippen molar-refractivity contribution in [3.05, 3.63) is 44.9 Å². The second-order valence-electron chi connectivity index (χ2n) is 3.91. The van der Waals surface area contributed by atoms with Crippen LogP contribution in [0.2, 0.25) is 5.02 Å². The Bertz CT molecular complexity index is 597. The molecule has 6 heteroatoms. The third-order valence-electron chi connectivity index (χ3n) is 2.61. The fourth-order valence-electron chi connectivity index (χ4n) is 1.57. The summed E-state index contributed by atoms with van der Waals surface area (Å²) >= 11 is 7.56. The number of ether oxygens (including phenoxy) is 1. The summed E-state index contributed by atoms with van der Waals surface area (Å²) in [4.78, 5) is 16.1. The number of carbonyl (C=O) groups is 1. The molecule has 0 aliphatic heterocycles. The number of rotatable bonds is 5. The second-order valence-corrected chi connectivity index (χ2v) is 5.26. The highest BCUT2D eigenvalue weighted by molar-refractivity contribution is 7.09. The number of aryl methyl sites for hydroxylation is 1. The van der Waals surface area contributed by atoms with Gasteiger partial charge in [-0.3, -0.25) is 0 Å². The molecule has 0 saturated carbocycles. The molecule has 0 aliphatic carbocycles. The van der Waals surface area contributed by atoms with E-state index in [-0.39, 0.29) is 5.56 Å². The first-order valence-electron chi connectivity index (χ1n) is 5.62. The smallest absolute Gasteiger partial charge is 0.335 e. The molecular formula is C13H12ClNO3S. The first-order valence-corrected chi connectivity index (χ1v) is 6.88. The molecule has 2 rings (SSSR count). The summed E-state index contributed by atoms with van der Waals surface area (Å²) in [6.45, 7) is 2.44. The maximum Gasteiger partial charge on any atom is 0.335 e. The van der Waals surface area contributed by atoms with E-state index >= 15 is 0 Å². The van der Waals surface area contributed by atoms with Crippen LogP contribution in [0.15, 0.2) is 23.7 Å². The van der Waals surface area contributed by atoms with Crippen LogP contribution in [0.1, 0.15) is 20.9 Å². The van der Waals surface area contributed by atoms with Gasteiger partial charge in [-0.15, -0.1) is 11.3 Å². The van der Waals surface area contributed by atoms with Crippen LogP contribution in [-0.2, 0) is 6.42 Å². The number of aromatic nitrogens is 1. The van der Waals surface area contributed by atoms with Gasteiger partial charge in [-0.2, -0.15) is 0 Å². The van der Waals surface area contributed by atoms with Crippen molar-refractivity contribution in [3.63, 3.8) is 0 Å². The number of carboxylic acids is 1. The summed E-state index contributed by atoms with van der Waals surface area (Å²) in [5, 5.41) is 9.13. The summed E-state index contributed by atoms with van der Waals surface area (Å²) in [7, 11) is 0. The number of hydrogen-bond acceptors (Lipinski definition) is 4. The van der Waals surface area contributed by atoms with E-state index in [2.05, 4.69) is 4.98 Å². The van der Waals surface area contributed by atoms with Crippen molar-refractivity contribution in [1.29, 1.82) is 0 Å². The summed E-state index contributed by atoms with van der Waals surface area (Å²) < 4.78 is 5.55. The zero-order chi connectivity index (χ0) is 13.8. The third kappa shape index (κ3) is 3.45. The van der Waals surface area contributed by atoms with Crippen molar-refractivity contribution in [1.82, 2.24) is 4.98 Å². The predicted molar refractivity (Wildman–Crippen MR) is 74.5 cm³/mol. The molecule has 0 unspecified atom stereocenters. The van der Waals surface area contributed by atoms with E-state index in [1.54, 1.807) is 22.9 Å². The molecule has 1 aromatic heterocycles. The van der Waals surface area contributed by atoms with Gasteiger partial charge in [-0.05, 0) is 25.1 Å². The molecule has 100 valence electrons. The molecule has 0 fully saturated rings. The lowest BCUT2D eigenvalue weighted by Crippen LogP contribution is -2.03. The van der Waals surface area contributed by atoms with E-state index in [0.717, 1.165) is 12.1 Å². The summed E-state index contributed by atoms with van der Waals surface area (Å²) in [6.07, 6.45) is 0.757. The third-order valence-corrected chi connectivity index (χ3v) is 3.90. The standard InChI is InChI=1S/C13H12ClNO3S/c1-8-12(19-7-15-8)4-5-18-11-3-2-9(13(16)17)6-10(11)14/h2-3,6-7H,4-5H2,1H3,(H,16,17).